The number of aromatic nitrogens is 3. The van der Waals surface area contributed by atoms with E-state index in [-0.39, 0.29) is 5.91 Å². The molecule has 1 aliphatic carbocycles. The third-order valence-electron chi connectivity index (χ3n) is 5.79. The molecule has 2 fully saturated rings. The number of hydrogen-bond acceptors (Lipinski definition) is 3. The van der Waals surface area contributed by atoms with Gasteiger partial charge in [0, 0.05) is 10.9 Å². The summed E-state index contributed by atoms with van der Waals surface area (Å²) in [4.78, 5) is 18.0. The van der Waals surface area contributed by atoms with Gasteiger partial charge in [0.15, 0.2) is 6.54 Å². The van der Waals surface area contributed by atoms with Gasteiger partial charge >= 0.3 is 0 Å². The van der Waals surface area contributed by atoms with E-state index in [9.17, 15) is 4.79 Å². The van der Waals surface area contributed by atoms with Crippen LogP contribution in [0.15, 0.2) is 30.9 Å². The van der Waals surface area contributed by atoms with Crippen molar-refractivity contribution >= 4 is 23.2 Å². The SMILES string of the molecule is O=C(C[NH+]1CC[C@@H]2CCCC[C@@H]2C1)Nc1cc(Cl)ccc1-n1cncn1. The Morgan fingerprint density at radius 3 is 2.92 bits per heavy atom. The Bertz CT molecular complexity index is 763. The summed E-state index contributed by atoms with van der Waals surface area (Å²) in [5.74, 6) is 1.72. The summed E-state index contributed by atoms with van der Waals surface area (Å²) >= 11 is 6.13. The molecule has 2 N–H and O–H groups in total. The molecule has 0 spiro atoms. The standard InChI is InChI=1S/C19H24ClN5O/c20-16-5-6-18(25-13-21-12-22-25)17(9-16)23-19(26)11-24-8-7-14-3-1-2-4-15(14)10-24/h5-6,9,12-15H,1-4,7-8,10-11H2,(H,23,26)/p+1/t14-,15+/m0/s1. The number of anilines is 1. The van der Waals surface area contributed by atoms with Crippen molar-refractivity contribution in [3.63, 3.8) is 0 Å². The second-order valence-electron chi connectivity index (χ2n) is 7.52. The summed E-state index contributed by atoms with van der Waals surface area (Å²) in [5.41, 5.74) is 1.43. The van der Waals surface area contributed by atoms with E-state index >= 15 is 0 Å². The monoisotopic (exact) mass is 374 g/mol. The van der Waals surface area contributed by atoms with Crippen molar-refractivity contribution < 1.29 is 9.69 Å². The Morgan fingerprint density at radius 1 is 1.27 bits per heavy atom. The quantitative estimate of drug-likeness (QED) is 0.859. The maximum atomic E-state index is 12.7. The molecule has 1 saturated heterocycles. The molecule has 3 atom stereocenters. The Labute approximate surface area is 158 Å². The molecule has 2 aromatic rings. The van der Waals surface area contributed by atoms with E-state index in [4.69, 9.17) is 11.6 Å². The number of halogens is 1. The van der Waals surface area contributed by atoms with Crippen LogP contribution in [0.2, 0.25) is 5.02 Å². The van der Waals surface area contributed by atoms with Crippen molar-refractivity contribution in [2.45, 2.75) is 32.1 Å². The number of piperidine rings is 1. The Kier molecular flexibility index (Phi) is 5.22. The first-order valence-electron chi connectivity index (χ1n) is 9.47. The molecular formula is C19H25ClN5O+. The number of fused-ring (bicyclic) bond motifs is 1. The number of nitrogens with zero attached hydrogens (tertiary/aromatic N) is 3. The lowest BCUT2D eigenvalue weighted by molar-refractivity contribution is -0.902. The van der Waals surface area contributed by atoms with Gasteiger partial charge in [-0.05, 0) is 43.4 Å². The third kappa shape index (κ3) is 3.91. The maximum absolute atomic E-state index is 12.7. The molecule has 1 amide bonds. The van der Waals surface area contributed by atoms with Crippen LogP contribution in [0.3, 0.4) is 0 Å². The molecule has 0 bridgehead atoms. The van der Waals surface area contributed by atoms with Crippen LogP contribution in [0.5, 0.6) is 0 Å². The van der Waals surface area contributed by atoms with Crippen LogP contribution in [0.1, 0.15) is 32.1 Å². The van der Waals surface area contributed by atoms with Gasteiger partial charge in [-0.25, -0.2) is 9.67 Å². The normalized spacial score (nSPS) is 25.5. The summed E-state index contributed by atoms with van der Waals surface area (Å²) in [7, 11) is 0. The summed E-state index contributed by atoms with van der Waals surface area (Å²) < 4.78 is 1.63. The van der Waals surface area contributed by atoms with Gasteiger partial charge in [-0.1, -0.05) is 24.4 Å². The van der Waals surface area contributed by atoms with E-state index in [0.717, 1.165) is 30.6 Å². The molecule has 0 radical (unpaired) electrons. The fourth-order valence-corrected chi connectivity index (χ4v) is 4.69. The van der Waals surface area contributed by atoms with Gasteiger partial charge in [-0.15, -0.1) is 0 Å². The molecule has 1 aliphatic heterocycles. The van der Waals surface area contributed by atoms with Crippen LogP contribution in [-0.4, -0.2) is 40.3 Å². The molecule has 138 valence electrons. The van der Waals surface area contributed by atoms with E-state index in [1.54, 1.807) is 23.1 Å². The first kappa shape index (κ1) is 17.5. The molecular weight excluding hydrogens is 350 g/mol. The van der Waals surface area contributed by atoms with Crippen LogP contribution in [0, 0.1) is 11.8 Å². The molecule has 2 heterocycles. The van der Waals surface area contributed by atoms with Crippen LogP contribution in [0.25, 0.3) is 5.69 Å². The first-order chi connectivity index (χ1) is 12.7. The topological polar surface area (TPSA) is 64.2 Å². The molecule has 1 unspecified atom stereocenters. The average molecular weight is 375 g/mol. The zero-order valence-corrected chi connectivity index (χ0v) is 15.6. The second-order valence-corrected chi connectivity index (χ2v) is 7.96. The molecule has 4 rings (SSSR count). The van der Waals surface area contributed by atoms with Gasteiger partial charge in [-0.2, -0.15) is 5.10 Å². The number of amides is 1. The van der Waals surface area contributed by atoms with Crippen molar-refractivity contribution in [1.82, 2.24) is 14.8 Å². The zero-order valence-electron chi connectivity index (χ0n) is 14.8. The van der Waals surface area contributed by atoms with Crippen molar-refractivity contribution in [2.75, 3.05) is 25.0 Å². The predicted molar refractivity (Wildman–Crippen MR) is 101 cm³/mol. The van der Waals surface area contributed by atoms with Gasteiger partial charge in [0.05, 0.1) is 24.5 Å². The minimum atomic E-state index is 0.0258. The highest BCUT2D eigenvalue weighted by Crippen LogP contribution is 2.32. The van der Waals surface area contributed by atoms with E-state index < -0.39 is 0 Å². The lowest BCUT2D eigenvalue weighted by atomic mass is 9.75. The molecule has 1 aromatic heterocycles. The Hall–Kier alpha value is -1.92. The highest BCUT2D eigenvalue weighted by atomic mass is 35.5. The zero-order chi connectivity index (χ0) is 17.9. The smallest absolute Gasteiger partial charge is 0.279 e. The first-order valence-corrected chi connectivity index (χ1v) is 9.85. The highest BCUT2D eigenvalue weighted by Gasteiger charge is 2.34. The number of benzene rings is 1. The molecule has 6 nitrogen and oxygen atoms in total. The number of quaternary nitrogens is 1. The van der Waals surface area contributed by atoms with Crippen LogP contribution >= 0.6 is 11.6 Å². The number of likely N-dealkylation sites (tertiary alicyclic amines) is 1. The number of nitrogens with one attached hydrogen (secondary N) is 2. The van der Waals surface area contributed by atoms with E-state index in [1.165, 1.54) is 43.3 Å². The number of hydrogen-bond donors (Lipinski definition) is 2. The molecule has 26 heavy (non-hydrogen) atoms. The van der Waals surface area contributed by atoms with Crippen LogP contribution < -0.4 is 10.2 Å². The van der Waals surface area contributed by atoms with Crippen molar-refractivity contribution in [3.8, 4) is 5.69 Å². The number of carbonyl (C=O) groups is 1. The van der Waals surface area contributed by atoms with E-state index in [1.807, 2.05) is 6.07 Å². The molecule has 1 saturated carbocycles. The molecule has 1 aromatic carbocycles. The van der Waals surface area contributed by atoms with Gasteiger partial charge < -0.3 is 10.2 Å². The van der Waals surface area contributed by atoms with E-state index in [0.29, 0.717) is 17.3 Å². The maximum Gasteiger partial charge on any atom is 0.279 e. The van der Waals surface area contributed by atoms with E-state index in [2.05, 4.69) is 15.4 Å². The second kappa shape index (κ2) is 7.76. The minimum Gasteiger partial charge on any atom is -0.327 e. The lowest BCUT2D eigenvalue weighted by Gasteiger charge is -2.38. The van der Waals surface area contributed by atoms with Gasteiger partial charge in [-0.3, -0.25) is 4.79 Å². The fraction of sp³-hybridized carbons (Fsp3) is 0.526. The Morgan fingerprint density at radius 2 is 2.12 bits per heavy atom. The van der Waals surface area contributed by atoms with Crippen molar-refractivity contribution in [3.05, 3.63) is 35.9 Å². The fourth-order valence-electron chi connectivity index (χ4n) is 4.52. The largest absolute Gasteiger partial charge is 0.327 e. The highest BCUT2D eigenvalue weighted by molar-refractivity contribution is 6.31. The minimum absolute atomic E-state index is 0.0258. The van der Waals surface area contributed by atoms with Crippen molar-refractivity contribution in [1.29, 1.82) is 0 Å². The van der Waals surface area contributed by atoms with Crippen LogP contribution in [0.4, 0.5) is 5.69 Å². The third-order valence-corrected chi connectivity index (χ3v) is 6.03. The summed E-state index contributed by atoms with van der Waals surface area (Å²) in [6.07, 6.45) is 9.79. The van der Waals surface area contributed by atoms with Gasteiger partial charge in [0.25, 0.3) is 5.91 Å². The number of rotatable bonds is 4. The Balaban J connectivity index is 1.41. The summed E-state index contributed by atoms with van der Waals surface area (Å²) in [6.45, 7) is 2.73. The molecule has 2 aliphatic rings. The molecule has 7 heteroatoms. The van der Waals surface area contributed by atoms with Gasteiger partial charge in [0.2, 0.25) is 0 Å². The summed E-state index contributed by atoms with van der Waals surface area (Å²) in [6, 6.07) is 5.39. The summed E-state index contributed by atoms with van der Waals surface area (Å²) in [5, 5.41) is 7.76. The number of carbonyl (C=O) groups excluding carboxylic acids is 1. The average Bonchev–Trinajstić information content (AvgIpc) is 3.16. The lowest BCUT2D eigenvalue weighted by Crippen LogP contribution is -3.15. The van der Waals surface area contributed by atoms with Gasteiger partial charge in [0.1, 0.15) is 12.7 Å². The van der Waals surface area contributed by atoms with Crippen molar-refractivity contribution in [2.24, 2.45) is 11.8 Å². The van der Waals surface area contributed by atoms with Crippen LogP contribution in [-0.2, 0) is 4.79 Å². The predicted octanol–water partition coefficient (Wildman–Crippen LogP) is 1.95.